The standard InChI is InChI=1S/C25H29NO3/c27-23-22-12-6-5-11-21(22)13-14-25(23,15-18-26-16-7-2-8-17-26)24(28)29-19-20-9-3-1-4-10-20/h1,3-6,9-12H,2,7-8,13-19H2. The minimum Gasteiger partial charge on any atom is -0.460 e. The molecular formula is C25H29NO3. The summed E-state index contributed by atoms with van der Waals surface area (Å²) in [4.78, 5) is 29.3. The Morgan fingerprint density at radius 2 is 1.69 bits per heavy atom. The minimum absolute atomic E-state index is 0.0607. The van der Waals surface area contributed by atoms with Crippen molar-refractivity contribution in [2.75, 3.05) is 19.6 Å². The molecule has 0 amide bonds. The van der Waals surface area contributed by atoms with E-state index in [1.54, 1.807) is 0 Å². The number of hydrogen-bond donors (Lipinski definition) is 0. The number of carbonyl (C=O) groups is 2. The Bertz CT molecular complexity index is 857. The molecule has 1 aliphatic heterocycles. The van der Waals surface area contributed by atoms with Gasteiger partial charge in [-0.25, -0.2) is 0 Å². The van der Waals surface area contributed by atoms with E-state index < -0.39 is 5.41 Å². The van der Waals surface area contributed by atoms with E-state index in [9.17, 15) is 9.59 Å². The number of fused-ring (bicyclic) bond motifs is 1. The Kier molecular flexibility index (Phi) is 6.10. The van der Waals surface area contributed by atoms with E-state index in [0.29, 0.717) is 18.4 Å². The summed E-state index contributed by atoms with van der Waals surface area (Å²) in [6, 6.07) is 17.4. The molecular weight excluding hydrogens is 362 g/mol. The van der Waals surface area contributed by atoms with E-state index in [1.165, 1.54) is 19.3 Å². The SMILES string of the molecule is O=C(OCc1ccccc1)C1(CCN2CCCCC2)CCc2ccccc2C1=O. The van der Waals surface area contributed by atoms with Gasteiger partial charge < -0.3 is 9.64 Å². The highest BCUT2D eigenvalue weighted by atomic mass is 16.5. The van der Waals surface area contributed by atoms with Crippen LogP contribution in [0, 0.1) is 5.41 Å². The summed E-state index contributed by atoms with van der Waals surface area (Å²) < 4.78 is 5.72. The molecule has 152 valence electrons. The van der Waals surface area contributed by atoms with Crippen LogP contribution in [0.25, 0.3) is 0 Å². The van der Waals surface area contributed by atoms with Crippen LogP contribution < -0.4 is 0 Å². The number of rotatable bonds is 6. The molecule has 4 heteroatoms. The molecule has 4 nitrogen and oxygen atoms in total. The molecule has 0 saturated carbocycles. The number of benzene rings is 2. The lowest BCUT2D eigenvalue weighted by atomic mass is 9.68. The van der Waals surface area contributed by atoms with Gasteiger partial charge in [-0.2, -0.15) is 0 Å². The van der Waals surface area contributed by atoms with Gasteiger partial charge in [0.15, 0.2) is 5.78 Å². The van der Waals surface area contributed by atoms with Gasteiger partial charge in [0.1, 0.15) is 12.0 Å². The summed E-state index contributed by atoms with van der Waals surface area (Å²) in [6.45, 7) is 3.09. The van der Waals surface area contributed by atoms with Crippen molar-refractivity contribution in [3.63, 3.8) is 0 Å². The van der Waals surface area contributed by atoms with Crippen molar-refractivity contribution in [2.24, 2.45) is 5.41 Å². The molecule has 1 aliphatic carbocycles. The Morgan fingerprint density at radius 3 is 2.48 bits per heavy atom. The Morgan fingerprint density at radius 1 is 0.966 bits per heavy atom. The molecule has 0 aromatic heterocycles. The van der Waals surface area contributed by atoms with Gasteiger partial charge >= 0.3 is 5.97 Å². The summed E-state index contributed by atoms with van der Waals surface area (Å²) in [6.07, 6.45) is 5.47. The number of piperidine rings is 1. The van der Waals surface area contributed by atoms with Gasteiger partial charge in [0.25, 0.3) is 0 Å². The number of likely N-dealkylation sites (tertiary alicyclic amines) is 1. The first-order valence-electron chi connectivity index (χ1n) is 10.8. The third-order valence-electron chi connectivity index (χ3n) is 6.42. The monoisotopic (exact) mass is 391 g/mol. The molecule has 1 saturated heterocycles. The fraction of sp³-hybridized carbons (Fsp3) is 0.440. The van der Waals surface area contributed by atoms with Gasteiger partial charge in [0.2, 0.25) is 0 Å². The first-order chi connectivity index (χ1) is 14.2. The average Bonchev–Trinajstić information content (AvgIpc) is 2.79. The van der Waals surface area contributed by atoms with Gasteiger partial charge in [0.05, 0.1) is 0 Å². The highest BCUT2D eigenvalue weighted by Crippen LogP contribution is 2.40. The van der Waals surface area contributed by atoms with Crippen molar-refractivity contribution < 1.29 is 14.3 Å². The van der Waals surface area contributed by atoms with Gasteiger partial charge in [-0.15, -0.1) is 0 Å². The van der Waals surface area contributed by atoms with Gasteiger partial charge in [-0.1, -0.05) is 61.0 Å². The summed E-state index contributed by atoms with van der Waals surface area (Å²) in [7, 11) is 0. The summed E-state index contributed by atoms with van der Waals surface area (Å²) in [5.41, 5.74) is 1.60. The van der Waals surface area contributed by atoms with Crippen molar-refractivity contribution in [1.29, 1.82) is 0 Å². The average molecular weight is 392 g/mol. The second-order valence-corrected chi connectivity index (χ2v) is 8.28. The molecule has 0 bridgehead atoms. The first-order valence-corrected chi connectivity index (χ1v) is 10.8. The Hall–Kier alpha value is -2.46. The third kappa shape index (κ3) is 4.27. The zero-order chi connectivity index (χ0) is 20.1. The van der Waals surface area contributed by atoms with Crippen LogP contribution in [0.15, 0.2) is 54.6 Å². The van der Waals surface area contributed by atoms with E-state index in [4.69, 9.17) is 4.74 Å². The predicted octanol–water partition coefficient (Wildman–Crippen LogP) is 4.42. The van der Waals surface area contributed by atoms with Crippen LogP contribution in [0.4, 0.5) is 0 Å². The number of ketones is 1. The van der Waals surface area contributed by atoms with Crippen LogP contribution in [0.5, 0.6) is 0 Å². The van der Waals surface area contributed by atoms with E-state index in [-0.39, 0.29) is 18.4 Å². The van der Waals surface area contributed by atoms with Crippen molar-refractivity contribution in [3.05, 3.63) is 71.3 Å². The lowest BCUT2D eigenvalue weighted by Crippen LogP contribution is -2.46. The van der Waals surface area contributed by atoms with Crippen LogP contribution in [-0.4, -0.2) is 36.3 Å². The zero-order valence-corrected chi connectivity index (χ0v) is 16.9. The normalized spacial score (nSPS) is 22.1. The lowest BCUT2D eigenvalue weighted by molar-refractivity contribution is -0.155. The van der Waals surface area contributed by atoms with Crippen molar-refractivity contribution in [3.8, 4) is 0 Å². The molecule has 1 atom stereocenters. The fourth-order valence-electron chi connectivity index (χ4n) is 4.61. The number of ether oxygens (including phenoxy) is 1. The highest BCUT2D eigenvalue weighted by Gasteiger charge is 2.49. The van der Waals surface area contributed by atoms with E-state index in [2.05, 4.69) is 4.90 Å². The summed E-state index contributed by atoms with van der Waals surface area (Å²) in [5, 5.41) is 0. The van der Waals surface area contributed by atoms with E-state index >= 15 is 0 Å². The van der Waals surface area contributed by atoms with Crippen molar-refractivity contribution in [1.82, 2.24) is 4.90 Å². The third-order valence-corrected chi connectivity index (χ3v) is 6.42. The highest BCUT2D eigenvalue weighted by molar-refractivity contribution is 6.14. The van der Waals surface area contributed by atoms with Crippen LogP contribution >= 0.6 is 0 Å². The maximum absolute atomic E-state index is 13.5. The number of esters is 1. The molecule has 0 radical (unpaired) electrons. The zero-order valence-electron chi connectivity index (χ0n) is 16.9. The van der Waals surface area contributed by atoms with Crippen molar-refractivity contribution in [2.45, 2.75) is 45.1 Å². The van der Waals surface area contributed by atoms with E-state index in [1.807, 2.05) is 54.6 Å². The summed E-state index contributed by atoms with van der Waals surface area (Å²) >= 11 is 0. The van der Waals surface area contributed by atoms with Crippen LogP contribution in [0.2, 0.25) is 0 Å². The van der Waals surface area contributed by atoms with Gasteiger partial charge in [0, 0.05) is 5.56 Å². The van der Waals surface area contributed by atoms with Gasteiger partial charge in [-0.05, 0) is 62.9 Å². The lowest BCUT2D eigenvalue weighted by Gasteiger charge is -2.37. The number of Topliss-reactive ketones (excluding diaryl/α,β-unsaturated/α-hetero) is 1. The smallest absolute Gasteiger partial charge is 0.320 e. The maximum Gasteiger partial charge on any atom is 0.320 e. The predicted molar refractivity (Wildman–Crippen MR) is 113 cm³/mol. The second-order valence-electron chi connectivity index (χ2n) is 8.28. The maximum atomic E-state index is 13.5. The van der Waals surface area contributed by atoms with Crippen LogP contribution in [0.1, 0.15) is 53.6 Å². The molecule has 2 aliphatic rings. The number of nitrogens with zero attached hydrogens (tertiary/aromatic N) is 1. The number of aryl methyl sites for hydroxylation is 1. The van der Waals surface area contributed by atoms with Gasteiger partial charge in [-0.3, -0.25) is 9.59 Å². The Balaban J connectivity index is 1.55. The topological polar surface area (TPSA) is 46.6 Å². The quantitative estimate of drug-likeness (QED) is 0.540. The van der Waals surface area contributed by atoms with Crippen molar-refractivity contribution >= 4 is 11.8 Å². The van der Waals surface area contributed by atoms with Crippen LogP contribution in [0.3, 0.4) is 0 Å². The number of hydrogen-bond acceptors (Lipinski definition) is 4. The molecule has 29 heavy (non-hydrogen) atoms. The number of carbonyl (C=O) groups excluding carboxylic acids is 2. The minimum atomic E-state index is -1.07. The molecule has 2 aromatic rings. The Labute approximate surface area is 172 Å². The molecule has 1 fully saturated rings. The molecule has 2 aromatic carbocycles. The second kappa shape index (κ2) is 8.91. The molecule has 0 spiro atoms. The molecule has 1 heterocycles. The summed E-state index contributed by atoms with van der Waals surface area (Å²) in [5.74, 6) is -0.424. The molecule has 4 rings (SSSR count). The largest absolute Gasteiger partial charge is 0.460 e. The molecule has 0 N–H and O–H groups in total. The van der Waals surface area contributed by atoms with E-state index in [0.717, 1.165) is 37.2 Å². The van der Waals surface area contributed by atoms with Crippen LogP contribution in [-0.2, 0) is 22.6 Å². The molecule has 1 unspecified atom stereocenters. The first kappa shape index (κ1) is 19.8. The fourth-order valence-corrected chi connectivity index (χ4v) is 4.61.